The number of amides is 1. The quantitative estimate of drug-likeness (QED) is 0.906. The highest BCUT2D eigenvalue weighted by Gasteiger charge is 2.28. The van der Waals surface area contributed by atoms with Crippen LogP contribution in [0.15, 0.2) is 42.7 Å². The third-order valence-corrected chi connectivity index (χ3v) is 5.94. The van der Waals surface area contributed by atoms with Crippen LogP contribution in [0.2, 0.25) is 5.02 Å². The van der Waals surface area contributed by atoms with E-state index in [1.807, 2.05) is 0 Å². The van der Waals surface area contributed by atoms with Crippen molar-refractivity contribution in [2.75, 3.05) is 21.9 Å². The molecule has 3 rings (SSSR count). The number of pyridine rings is 1. The van der Waals surface area contributed by atoms with Crippen molar-refractivity contribution in [3.63, 3.8) is 0 Å². The first-order valence-electron chi connectivity index (χ1n) is 7.49. The SMILES string of the molecule is O=C(Nc1ccncc1)c1ccc(Cl)c(N2CCCCS2(=O)=O)c1. The van der Waals surface area contributed by atoms with Crippen molar-refractivity contribution in [1.29, 1.82) is 0 Å². The van der Waals surface area contributed by atoms with Gasteiger partial charge in [0.25, 0.3) is 5.91 Å². The molecule has 0 unspecified atom stereocenters. The molecule has 1 fully saturated rings. The van der Waals surface area contributed by atoms with Crippen LogP contribution in [0.25, 0.3) is 0 Å². The molecule has 8 heteroatoms. The molecule has 126 valence electrons. The number of aromatic nitrogens is 1. The van der Waals surface area contributed by atoms with Crippen molar-refractivity contribution in [1.82, 2.24) is 4.98 Å². The Morgan fingerprint density at radius 2 is 1.92 bits per heavy atom. The molecule has 0 radical (unpaired) electrons. The molecule has 1 saturated heterocycles. The molecule has 1 aliphatic rings. The van der Waals surface area contributed by atoms with Crippen LogP contribution in [0, 0.1) is 0 Å². The molecule has 1 aliphatic heterocycles. The van der Waals surface area contributed by atoms with E-state index >= 15 is 0 Å². The highest BCUT2D eigenvalue weighted by atomic mass is 35.5. The molecular weight excluding hydrogens is 350 g/mol. The lowest BCUT2D eigenvalue weighted by Crippen LogP contribution is -2.38. The van der Waals surface area contributed by atoms with Crippen LogP contribution in [-0.2, 0) is 10.0 Å². The summed E-state index contributed by atoms with van der Waals surface area (Å²) in [4.78, 5) is 16.3. The Balaban J connectivity index is 1.90. The first kappa shape index (κ1) is 16.7. The van der Waals surface area contributed by atoms with Gasteiger partial charge in [-0.05, 0) is 43.2 Å². The fourth-order valence-corrected chi connectivity index (χ4v) is 4.46. The zero-order chi connectivity index (χ0) is 17.2. The summed E-state index contributed by atoms with van der Waals surface area (Å²) in [5.41, 5.74) is 1.29. The lowest BCUT2D eigenvalue weighted by molar-refractivity contribution is 0.102. The Morgan fingerprint density at radius 1 is 1.17 bits per heavy atom. The molecule has 1 N–H and O–H groups in total. The third kappa shape index (κ3) is 3.52. The van der Waals surface area contributed by atoms with Gasteiger partial charge in [-0.2, -0.15) is 0 Å². The minimum absolute atomic E-state index is 0.0940. The van der Waals surface area contributed by atoms with Gasteiger partial charge in [-0.3, -0.25) is 14.1 Å². The van der Waals surface area contributed by atoms with Crippen molar-refractivity contribution >= 4 is 38.9 Å². The lowest BCUT2D eigenvalue weighted by Gasteiger charge is -2.29. The largest absolute Gasteiger partial charge is 0.322 e. The molecule has 6 nitrogen and oxygen atoms in total. The van der Waals surface area contributed by atoms with Crippen molar-refractivity contribution in [3.05, 3.63) is 53.3 Å². The molecule has 0 spiro atoms. The summed E-state index contributed by atoms with van der Waals surface area (Å²) in [6, 6.07) is 7.97. The van der Waals surface area contributed by atoms with Crippen molar-refractivity contribution < 1.29 is 13.2 Å². The zero-order valence-corrected chi connectivity index (χ0v) is 14.3. The van der Waals surface area contributed by atoms with E-state index < -0.39 is 10.0 Å². The van der Waals surface area contributed by atoms with Gasteiger partial charge in [0.2, 0.25) is 10.0 Å². The number of halogens is 1. The Morgan fingerprint density at radius 3 is 2.62 bits per heavy atom. The van der Waals surface area contributed by atoms with Gasteiger partial charge in [0.1, 0.15) is 0 Å². The maximum absolute atomic E-state index is 12.4. The Hall–Kier alpha value is -2.12. The van der Waals surface area contributed by atoms with Crippen LogP contribution < -0.4 is 9.62 Å². The van der Waals surface area contributed by atoms with E-state index in [0.717, 1.165) is 6.42 Å². The highest BCUT2D eigenvalue weighted by Crippen LogP contribution is 2.31. The monoisotopic (exact) mass is 365 g/mol. The molecule has 1 aromatic heterocycles. The summed E-state index contributed by atoms with van der Waals surface area (Å²) in [6.07, 6.45) is 4.55. The third-order valence-electron chi connectivity index (χ3n) is 3.76. The van der Waals surface area contributed by atoms with Crippen LogP contribution in [0.3, 0.4) is 0 Å². The van der Waals surface area contributed by atoms with Gasteiger partial charge in [-0.15, -0.1) is 0 Å². The Bertz CT molecular complexity index is 856. The van der Waals surface area contributed by atoms with Crippen molar-refractivity contribution in [2.24, 2.45) is 0 Å². The molecule has 24 heavy (non-hydrogen) atoms. The van der Waals surface area contributed by atoms with E-state index in [4.69, 9.17) is 11.6 Å². The maximum Gasteiger partial charge on any atom is 0.255 e. The summed E-state index contributed by atoms with van der Waals surface area (Å²) in [6.45, 7) is 0.373. The second kappa shape index (κ2) is 6.78. The number of hydrogen-bond acceptors (Lipinski definition) is 4. The van der Waals surface area contributed by atoms with Crippen LogP contribution in [-0.4, -0.2) is 31.6 Å². The van der Waals surface area contributed by atoms with E-state index in [-0.39, 0.29) is 11.7 Å². The minimum atomic E-state index is -3.39. The van der Waals surface area contributed by atoms with E-state index in [1.54, 1.807) is 36.7 Å². The topological polar surface area (TPSA) is 79.4 Å². The molecule has 0 aliphatic carbocycles. The van der Waals surface area contributed by atoms with Crippen molar-refractivity contribution in [3.8, 4) is 0 Å². The van der Waals surface area contributed by atoms with E-state index in [0.29, 0.717) is 34.9 Å². The number of nitrogens with zero attached hydrogens (tertiary/aromatic N) is 2. The fraction of sp³-hybridized carbons (Fsp3) is 0.250. The number of rotatable bonds is 3. The number of sulfonamides is 1. The van der Waals surface area contributed by atoms with Gasteiger partial charge in [-0.25, -0.2) is 8.42 Å². The maximum atomic E-state index is 12.4. The Kier molecular flexibility index (Phi) is 4.73. The first-order chi connectivity index (χ1) is 11.5. The van der Waals surface area contributed by atoms with Gasteiger partial charge < -0.3 is 5.32 Å². The average Bonchev–Trinajstić information content (AvgIpc) is 2.56. The predicted molar refractivity (Wildman–Crippen MR) is 94.0 cm³/mol. The van der Waals surface area contributed by atoms with Crippen LogP contribution >= 0.6 is 11.6 Å². The molecule has 1 amide bonds. The minimum Gasteiger partial charge on any atom is -0.322 e. The zero-order valence-electron chi connectivity index (χ0n) is 12.8. The fourth-order valence-electron chi connectivity index (χ4n) is 2.54. The number of nitrogens with one attached hydrogen (secondary N) is 1. The molecule has 1 aromatic carbocycles. The van der Waals surface area contributed by atoms with E-state index in [2.05, 4.69) is 10.3 Å². The van der Waals surface area contributed by atoms with E-state index in [1.165, 1.54) is 10.4 Å². The number of hydrogen-bond donors (Lipinski definition) is 1. The van der Waals surface area contributed by atoms with Crippen LogP contribution in [0.5, 0.6) is 0 Å². The smallest absolute Gasteiger partial charge is 0.255 e. The lowest BCUT2D eigenvalue weighted by atomic mass is 10.1. The van der Waals surface area contributed by atoms with Gasteiger partial charge in [0, 0.05) is 30.2 Å². The summed E-state index contributed by atoms with van der Waals surface area (Å²) < 4.78 is 25.8. The van der Waals surface area contributed by atoms with E-state index in [9.17, 15) is 13.2 Å². The summed E-state index contributed by atoms with van der Waals surface area (Å²) in [5, 5.41) is 3.04. The molecule has 2 heterocycles. The predicted octanol–water partition coefficient (Wildman–Crippen LogP) is 2.92. The second-order valence-electron chi connectivity index (χ2n) is 5.45. The van der Waals surface area contributed by atoms with Crippen LogP contribution in [0.1, 0.15) is 23.2 Å². The molecule has 0 atom stereocenters. The first-order valence-corrected chi connectivity index (χ1v) is 9.47. The second-order valence-corrected chi connectivity index (χ2v) is 7.87. The molecule has 0 saturated carbocycles. The summed E-state index contributed by atoms with van der Waals surface area (Å²) >= 11 is 6.18. The molecule has 0 bridgehead atoms. The molecular formula is C16H16ClN3O3S. The van der Waals surface area contributed by atoms with Crippen LogP contribution in [0.4, 0.5) is 11.4 Å². The average molecular weight is 366 g/mol. The number of carbonyl (C=O) groups excluding carboxylic acids is 1. The van der Waals surface area contributed by atoms with Crippen molar-refractivity contribution in [2.45, 2.75) is 12.8 Å². The molecule has 2 aromatic rings. The number of carbonyl (C=O) groups is 1. The number of anilines is 2. The van der Waals surface area contributed by atoms with Gasteiger partial charge in [0.05, 0.1) is 16.5 Å². The summed E-state index contributed by atoms with van der Waals surface area (Å²) in [7, 11) is -3.39. The Labute approximate surface area is 145 Å². The standard InChI is InChI=1S/C16H16ClN3O3S/c17-14-4-3-12(16(21)19-13-5-7-18-8-6-13)11-15(14)20-9-1-2-10-24(20,22)23/h3-8,11H,1-2,9-10H2,(H,18,19,21). The van der Waals surface area contributed by atoms with Gasteiger partial charge in [0.15, 0.2) is 0 Å². The van der Waals surface area contributed by atoms with Gasteiger partial charge in [-0.1, -0.05) is 11.6 Å². The highest BCUT2D eigenvalue weighted by molar-refractivity contribution is 7.92. The summed E-state index contributed by atoms with van der Waals surface area (Å²) in [5.74, 6) is -0.245. The number of benzene rings is 1. The normalized spacial score (nSPS) is 16.6. The van der Waals surface area contributed by atoms with Gasteiger partial charge >= 0.3 is 0 Å².